The molecule has 0 radical (unpaired) electrons. The highest BCUT2D eigenvalue weighted by atomic mass is 35.5. The van der Waals surface area contributed by atoms with E-state index in [9.17, 15) is 4.79 Å². The molecule has 0 saturated carbocycles. The van der Waals surface area contributed by atoms with E-state index in [4.69, 9.17) is 15.7 Å². The molecule has 0 bridgehead atoms. The Bertz CT molecular complexity index is 788. The average molecular weight is 289 g/mol. The Kier molecular flexibility index (Phi) is 2.48. The van der Waals surface area contributed by atoms with E-state index in [2.05, 4.69) is 4.99 Å². The fraction of sp³-hybridized carbons (Fsp3) is 0.125. The quantitative estimate of drug-likeness (QED) is 0.742. The first-order valence-electron chi connectivity index (χ1n) is 7.61. The molecule has 0 aromatic heterocycles. The number of likely N-dealkylation sites (N-methyl/N-ethyl adjacent to an activating group) is 1. The summed E-state index contributed by atoms with van der Waals surface area (Å²) in [6.07, 6.45) is 0. The molecular weight excluding hydrogens is 273 g/mol. The fourth-order valence-corrected chi connectivity index (χ4v) is 2.34. The molecule has 20 heavy (non-hydrogen) atoms. The van der Waals surface area contributed by atoms with Crippen molar-refractivity contribution in [2.45, 2.75) is 0 Å². The van der Waals surface area contributed by atoms with Gasteiger partial charge in [-0.15, -0.1) is 0 Å². The van der Waals surface area contributed by atoms with Crippen LogP contribution in [-0.4, -0.2) is 25.1 Å². The summed E-state index contributed by atoms with van der Waals surface area (Å²) in [6.45, 7) is -2.81. The third-order valence-corrected chi connectivity index (χ3v) is 3.36. The van der Waals surface area contributed by atoms with Crippen LogP contribution in [0.25, 0.3) is 0 Å². The number of carbonyl (C=O) groups excluding carboxylic acids is 1. The van der Waals surface area contributed by atoms with Crippen LogP contribution >= 0.6 is 11.6 Å². The van der Waals surface area contributed by atoms with Crippen molar-refractivity contribution in [1.82, 2.24) is 0 Å². The van der Waals surface area contributed by atoms with Crippen LogP contribution in [0.2, 0.25) is 5.02 Å². The molecule has 0 spiro atoms. The van der Waals surface area contributed by atoms with Crippen LogP contribution in [-0.2, 0) is 4.79 Å². The van der Waals surface area contributed by atoms with E-state index in [0.29, 0.717) is 22.0 Å². The average Bonchev–Trinajstić information content (AvgIpc) is 2.63. The Morgan fingerprint density at radius 2 is 2.05 bits per heavy atom. The zero-order valence-corrected chi connectivity index (χ0v) is 11.3. The van der Waals surface area contributed by atoms with E-state index in [1.807, 2.05) is 30.3 Å². The van der Waals surface area contributed by atoms with Gasteiger partial charge in [0.2, 0.25) is 5.91 Å². The van der Waals surface area contributed by atoms with E-state index < -0.39 is 12.9 Å². The van der Waals surface area contributed by atoms with Crippen LogP contribution in [0.1, 0.15) is 15.2 Å². The SMILES string of the molecule is [2H][13C]([2H])([2H])N1C(=O)CN=C(c2ccccc2)c2cc(Cl)ccc21. The van der Waals surface area contributed by atoms with Crippen molar-refractivity contribution in [3.8, 4) is 0 Å². The normalized spacial score (nSPS) is 17.4. The third-order valence-electron chi connectivity index (χ3n) is 3.12. The van der Waals surface area contributed by atoms with Crippen molar-refractivity contribution in [3.63, 3.8) is 0 Å². The highest BCUT2D eigenvalue weighted by molar-refractivity contribution is 6.32. The van der Waals surface area contributed by atoms with E-state index in [1.54, 1.807) is 18.2 Å². The van der Waals surface area contributed by atoms with Crippen LogP contribution < -0.4 is 4.90 Å². The van der Waals surface area contributed by atoms with Crippen molar-refractivity contribution >= 4 is 28.9 Å². The fourth-order valence-electron chi connectivity index (χ4n) is 2.17. The lowest BCUT2D eigenvalue weighted by molar-refractivity contribution is -0.116. The molecule has 100 valence electrons. The number of aliphatic imine (C=N–C) groups is 1. The summed E-state index contributed by atoms with van der Waals surface area (Å²) in [4.78, 5) is 17.5. The van der Waals surface area contributed by atoms with Crippen molar-refractivity contribution in [3.05, 3.63) is 64.7 Å². The molecule has 2 aromatic carbocycles. The highest BCUT2D eigenvalue weighted by Crippen LogP contribution is 2.28. The van der Waals surface area contributed by atoms with Crippen molar-refractivity contribution < 1.29 is 8.91 Å². The van der Waals surface area contributed by atoms with E-state index >= 15 is 0 Å². The lowest BCUT2D eigenvalue weighted by Crippen LogP contribution is -2.27. The molecule has 0 unspecified atom stereocenters. The van der Waals surface area contributed by atoms with Crippen LogP contribution in [0.5, 0.6) is 0 Å². The van der Waals surface area contributed by atoms with Gasteiger partial charge >= 0.3 is 0 Å². The van der Waals surface area contributed by atoms with Gasteiger partial charge in [-0.2, -0.15) is 0 Å². The van der Waals surface area contributed by atoms with E-state index in [0.717, 1.165) is 10.5 Å². The zero-order valence-electron chi connectivity index (χ0n) is 13.5. The standard InChI is InChI=1S/C16H13ClN2O/c1-19-14-8-7-12(17)9-13(14)16(18-10-15(19)20)11-5-3-2-4-6-11/h2-9H,10H2,1H3/i1+1D3. The van der Waals surface area contributed by atoms with Crippen LogP contribution in [0.4, 0.5) is 5.69 Å². The predicted octanol–water partition coefficient (Wildman–Crippen LogP) is 3.15. The van der Waals surface area contributed by atoms with Crippen molar-refractivity contribution in [2.24, 2.45) is 4.99 Å². The molecule has 2 aromatic rings. The summed E-state index contributed by atoms with van der Waals surface area (Å²) >= 11 is 6.08. The number of hydrogen-bond donors (Lipinski definition) is 0. The van der Waals surface area contributed by atoms with Gasteiger partial charge in [0, 0.05) is 27.2 Å². The van der Waals surface area contributed by atoms with Crippen LogP contribution in [0.3, 0.4) is 0 Å². The molecule has 4 heteroatoms. The zero-order chi connectivity index (χ0) is 16.6. The Morgan fingerprint density at radius 3 is 2.80 bits per heavy atom. The lowest BCUT2D eigenvalue weighted by Gasteiger charge is -2.18. The van der Waals surface area contributed by atoms with Gasteiger partial charge in [0.05, 0.1) is 11.4 Å². The number of anilines is 1. The van der Waals surface area contributed by atoms with Gasteiger partial charge in [0.25, 0.3) is 0 Å². The summed E-state index contributed by atoms with van der Waals surface area (Å²) < 4.78 is 23.0. The van der Waals surface area contributed by atoms with Crippen LogP contribution in [0.15, 0.2) is 53.5 Å². The summed E-state index contributed by atoms with van der Waals surface area (Å²) in [5.41, 5.74) is 2.18. The number of rotatable bonds is 1. The molecule has 0 aliphatic carbocycles. The minimum atomic E-state index is -2.58. The van der Waals surface area contributed by atoms with Gasteiger partial charge in [-0.3, -0.25) is 9.79 Å². The Morgan fingerprint density at radius 1 is 1.25 bits per heavy atom. The number of benzodiazepines with no additional fused rings is 1. The number of amides is 1. The Labute approximate surface area is 126 Å². The molecule has 1 aliphatic rings. The van der Waals surface area contributed by atoms with Crippen LogP contribution in [0, 0.1) is 0 Å². The number of benzene rings is 2. The molecular formula is C16H13ClN2O. The van der Waals surface area contributed by atoms with E-state index in [-0.39, 0.29) is 6.54 Å². The molecule has 1 amide bonds. The maximum atomic E-state index is 12.3. The largest absolute Gasteiger partial charge is 0.313 e. The number of nitrogens with zero attached hydrogens (tertiary/aromatic N) is 2. The number of fused-ring (bicyclic) bond motifs is 1. The molecule has 0 fully saturated rings. The topological polar surface area (TPSA) is 32.7 Å². The second kappa shape index (κ2) is 5.10. The Hall–Kier alpha value is -2.13. The predicted molar refractivity (Wildman–Crippen MR) is 81.8 cm³/mol. The van der Waals surface area contributed by atoms with Gasteiger partial charge < -0.3 is 4.90 Å². The molecule has 0 atom stereocenters. The first-order valence-corrected chi connectivity index (χ1v) is 6.48. The first kappa shape index (κ1) is 9.72. The minimum Gasteiger partial charge on any atom is -0.313 e. The molecule has 3 nitrogen and oxygen atoms in total. The summed E-state index contributed by atoms with van der Waals surface area (Å²) in [6, 6.07) is 14.1. The smallest absolute Gasteiger partial charge is 0.248 e. The minimum absolute atomic E-state index is 0.227. The second-order valence-electron chi connectivity index (χ2n) is 4.42. The maximum Gasteiger partial charge on any atom is 0.248 e. The van der Waals surface area contributed by atoms with E-state index in [1.165, 1.54) is 0 Å². The van der Waals surface area contributed by atoms with Crippen molar-refractivity contribution in [2.75, 3.05) is 18.4 Å². The monoisotopic (exact) mass is 288 g/mol. The van der Waals surface area contributed by atoms with Gasteiger partial charge in [-0.05, 0) is 18.2 Å². The summed E-state index contributed by atoms with van der Waals surface area (Å²) in [5.74, 6) is -0.570. The molecule has 1 heterocycles. The first-order chi connectivity index (χ1) is 10.9. The Balaban J connectivity index is 2.25. The third kappa shape index (κ3) is 2.21. The number of carbonyl (C=O) groups is 1. The summed E-state index contributed by atoms with van der Waals surface area (Å²) in [5, 5.41) is 0.451. The number of hydrogen-bond acceptors (Lipinski definition) is 2. The summed E-state index contributed by atoms with van der Waals surface area (Å²) in [7, 11) is 0. The van der Waals surface area contributed by atoms with Gasteiger partial charge in [0.1, 0.15) is 6.54 Å². The molecule has 3 rings (SSSR count). The molecule has 1 aliphatic heterocycles. The van der Waals surface area contributed by atoms with Gasteiger partial charge in [0.15, 0.2) is 0 Å². The van der Waals surface area contributed by atoms with Gasteiger partial charge in [-0.25, -0.2) is 0 Å². The number of halogens is 1. The lowest BCUT2D eigenvalue weighted by atomic mass is 10.0. The van der Waals surface area contributed by atoms with Crippen molar-refractivity contribution in [1.29, 1.82) is 0 Å². The second-order valence-corrected chi connectivity index (χ2v) is 4.86. The molecule has 0 N–H and O–H groups in total. The maximum absolute atomic E-state index is 12.3. The highest BCUT2D eigenvalue weighted by Gasteiger charge is 2.22. The molecule has 0 saturated heterocycles. The van der Waals surface area contributed by atoms with Gasteiger partial charge in [-0.1, -0.05) is 41.9 Å².